The second kappa shape index (κ2) is 6.29. The maximum absolute atomic E-state index is 4.51. The first-order valence-corrected chi connectivity index (χ1v) is 7.80. The molecule has 0 saturated carbocycles. The van der Waals surface area contributed by atoms with Gasteiger partial charge in [-0.2, -0.15) is 5.10 Å². The molecule has 3 aromatic heterocycles. The first kappa shape index (κ1) is 14.1. The van der Waals surface area contributed by atoms with E-state index in [1.54, 1.807) is 12.7 Å². The minimum Gasteiger partial charge on any atom is -0.333 e. The largest absolute Gasteiger partial charge is 0.333 e. The number of hydrogen-bond donors (Lipinski definition) is 0. The summed E-state index contributed by atoms with van der Waals surface area (Å²) in [5, 5.41) is 4.25. The molecule has 7 nitrogen and oxygen atoms in total. The highest BCUT2D eigenvalue weighted by Crippen LogP contribution is 2.18. The van der Waals surface area contributed by atoms with E-state index >= 15 is 0 Å². The van der Waals surface area contributed by atoms with Gasteiger partial charge in [0.15, 0.2) is 0 Å². The molecular weight excluding hydrogens is 290 g/mol. The summed E-state index contributed by atoms with van der Waals surface area (Å²) in [5.41, 5.74) is 1.23. The van der Waals surface area contributed by atoms with Gasteiger partial charge in [0.1, 0.15) is 18.5 Å². The zero-order valence-corrected chi connectivity index (χ0v) is 12.9. The van der Waals surface area contributed by atoms with Crippen LogP contribution in [-0.2, 0) is 26.2 Å². The Balaban J connectivity index is 1.54. The number of rotatable bonds is 4. The van der Waals surface area contributed by atoms with Gasteiger partial charge in [0, 0.05) is 56.9 Å². The Morgan fingerprint density at radius 2 is 2.17 bits per heavy atom. The molecule has 0 aliphatic carbocycles. The van der Waals surface area contributed by atoms with Gasteiger partial charge >= 0.3 is 0 Å². The number of pyridine rings is 1. The van der Waals surface area contributed by atoms with Gasteiger partial charge in [-0.15, -0.1) is 0 Å². The average molecular weight is 309 g/mol. The molecule has 0 fully saturated rings. The number of fused-ring (bicyclic) bond motifs is 1. The second-order valence-corrected chi connectivity index (χ2v) is 6.01. The molecule has 4 heterocycles. The highest BCUT2D eigenvalue weighted by Gasteiger charge is 2.23. The molecule has 0 aromatic carbocycles. The van der Waals surface area contributed by atoms with Crippen LogP contribution >= 0.6 is 0 Å². The Hall–Kier alpha value is -2.54. The van der Waals surface area contributed by atoms with E-state index in [0.29, 0.717) is 5.92 Å². The van der Waals surface area contributed by atoms with Crippen LogP contribution in [0.25, 0.3) is 0 Å². The predicted octanol–water partition coefficient (Wildman–Crippen LogP) is 1.20. The highest BCUT2D eigenvalue weighted by atomic mass is 15.3. The van der Waals surface area contributed by atoms with Crippen LogP contribution in [0.15, 0.2) is 49.6 Å². The third-order valence-electron chi connectivity index (χ3n) is 4.18. The summed E-state index contributed by atoms with van der Waals surface area (Å²) in [4.78, 5) is 15.2. The molecular formula is C16H19N7. The van der Waals surface area contributed by atoms with Crippen molar-refractivity contribution in [3.63, 3.8) is 0 Å². The normalized spacial score (nSPS) is 18.5. The molecule has 0 spiro atoms. The van der Waals surface area contributed by atoms with E-state index < -0.39 is 0 Å². The van der Waals surface area contributed by atoms with E-state index in [0.717, 1.165) is 38.5 Å². The maximum Gasteiger partial charge on any atom is 0.137 e. The Bertz CT molecular complexity index is 735. The lowest BCUT2D eigenvalue weighted by atomic mass is 10.1. The monoisotopic (exact) mass is 309 g/mol. The zero-order chi connectivity index (χ0) is 15.5. The summed E-state index contributed by atoms with van der Waals surface area (Å²) < 4.78 is 4.17. The van der Waals surface area contributed by atoms with E-state index in [-0.39, 0.29) is 0 Å². The van der Waals surface area contributed by atoms with Crippen molar-refractivity contribution in [2.24, 2.45) is 5.92 Å². The Labute approximate surface area is 134 Å². The average Bonchev–Trinajstić information content (AvgIpc) is 3.18. The summed E-state index contributed by atoms with van der Waals surface area (Å²) in [6.07, 6.45) is 11.1. The number of aromatic nitrogens is 6. The molecule has 7 heteroatoms. The first-order chi connectivity index (χ1) is 11.4. The summed E-state index contributed by atoms with van der Waals surface area (Å²) in [6, 6.07) is 4.11. The van der Waals surface area contributed by atoms with Crippen LogP contribution in [0.5, 0.6) is 0 Å². The topological polar surface area (TPSA) is 64.7 Å². The molecule has 0 N–H and O–H groups in total. The van der Waals surface area contributed by atoms with Gasteiger partial charge in [0.25, 0.3) is 0 Å². The third-order valence-corrected chi connectivity index (χ3v) is 4.18. The fourth-order valence-corrected chi connectivity index (χ4v) is 3.20. The fourth-order valence-electron chi connectivity index (χ4n) is 3.20. The van der Waals surface area contributed by atoms with Crippen molar-refractivity contribution in [2.75, 3.05) is 6.54 Å². The van der Waals surface area contributed by atoms with Crippen LogP contribution in [-0.4, -0.2) is 40.7 Å². The van der Waals surface area contributed by atoms with Crippen LogP contribution in [0.4, 0.5) is 0 Å². The van der Waals surface area contributed by atoms with E-state index in [1.807, 2.05) is 29.3 Å². The number of nitrogens with zero attached hydrogens (tertiary/aromatic N) is 7. The molecule has 23 heavy (non-hydrogen) atoms. The molecule has 3 aromatic rings. The van der Waals surface area contributed by atoms with Gasteiger partial charge < -0.3 is 4.57 Å². The van der Waals surface area contributed by atoms with Crippen LogP contribution in [0, 0.1) is 5.92 Å². The quantitative estimate of drug-likeness (QED) is 0.724. The fraction of sp³-hybridized carbons (Fsp3) is 0.375. The summed E-state index contributed by atoms with van der Waals surface area (Å²) in [6.45, 7) is 4.56. The standard InChI is InChI=1S/C16H19N7/c1-2-14(6-17-3-1)7-21-8-15(10-23-13-18-12-20-23)9-22-5-4-19-16(22)11-21/h1-6,12-13,15H,7-11H2/t15-/m0/s1. The lowest BCUT2D eigenvalue weighted by Crippen LogP contribution is -2.30. The van der Waals surface area contributed by atoms with Crippen LogP contribution in [0.2, 0.25) is 0 Å². The number of imidazole rings is 1. The summed E-state index contributed by atoms with van der Waals surface area (Å²) in [5.74, 6) is 1.58. The molecule has 0 unspecified atom stereocenters. The van der Waals surface area contributed by atoms with E-state index in [4.69, 9.17) is 0 Å². The minimum atomic E-state index is 0.462. The minimum absolute atomic E-state index is 0.462. The van der Waals surface area contributed by atoms with Crippen molar-refractivity contribution in [1.29, 1.82) is 0 Å². The van der Waals surface area contributed by atoms with Gasteiger partial charge in [-0.1, -0.05) is 6.07 Å². The molecule has 1 aliphatic heterocycles. The molecule has 4 rings (SSSR count). The molecule has 118 valence electrons. The zero-order valence-electron chi connectivity index (χ0n) is 12.9. The second-order valence-electron chi connectivity index (χ2n) is 6.01. The SMILES string of the molecule is c1cncc(CN2Cc3nccn3C[C@@H](Cn3cncn3)C2)c1. The summed E-state index contributed by atoms with van der Waals surface area (Å²) >= 11 is 0. The highest BCUT2D eigenvalue weighted by molar-refractivity contribution is 5.09. The Kier molecular flexibility index (Phi) is 3.85. The van der Waals surface area contributed by atoms with Crippen LogP contribution in [0.1, 0.15) is 11.4 Å². The van der Waals surface area contributed by atoms with Crippen LogP contribution in [0.3, 0.4) is 0 Å². The molecule has 1 atom stereocenters. The van der Waals surface area contributed by atoms with Crippen molar-refractivity contribution in [1.82, 2.24) is 34.2 Å². The predicted molar refractivity (Wildman–Crippen MR) is 84.1 cm³/mol. The molecule has 0 amide bonds. The van der Waals surface area contributed by atoms with Crippen molar-refractivity contribution in [2.45, 2.75) is 26.2 Å². The van der Waals surface area contributed by atoms with E-state index in [1.165, 1.54) is 5.56 Å². The van der Waals surface area contributed by atoms with Gasteiger partial charge in [-0.25, -0.2) is 9.97 Å². The van der Waals surface area contributed by atoms with E-state index in [9.17, 15) is 0 Å². The van der Waals surface area contributed by atoms with Gasteiger partial charge in [0.05, 0.1) is 6.54 Å². The Morgan fingerprint density at radius 1 is 1.17 bits per heavy atom. The van der Waals surface area contributed by atoms with Gasteiger partial charge in [0.2, 0.25) is 0 Å². The lowest BCUT2D eigenvalue weighted by molar-refractivity contribution is 0.205. The Morgan fingerprint density at radius 3 is 3.00 bits per heavy atom. The summed E-state index contributed by atoms with van der Waals surface area (Å²) in [7, 11) is 0. The first-order valence-electron chi connectivity index (χ1n) is 7.80. The molecule has 0 bridgehead atoms. The van der Waals surface area contributed by atoms with Crippen molar-refractivity contribution in [3.8, 4) is 0 Å². The molecule has 0 saturated heterocycles. The lowest BCUT2D eigenvalue weighted by Gasteiger charge is -2.23. The third kappa shape index (κ3) is 3.29. The van der Waals surface area contributed by atoms with Crippen molar-refractivity contribution < 1.29 is 0 Å². The number of hydrogen-bond acceptors (Lipinski definition) is 5. The van der Waals surface area contributed by atoms with Gasteiger partial charge in [-0.3, -0.25) is 14.6 Å². The van der Waals surface area contributed by atoms with Crippen LogP contribution < -0.4 is 0 Å². The van der Waals surface area contributed by atoms with Gasteiger partial charge in [-0.05, 0) is 11.6 Å². The van der Waals surface area contributed by atoms with Crippen molar-refractivity contribution in [3.05, 3.63) is 61.0 Å². The van der Waals surface area contributed by atoms with E-state index in [2.05, 4.69) is 41.8 Å². The maximum atomic E-state index is 4.51. The molecule has 1 aliphatic rings. The smallest absolute Gasteiger partial charge is 0.137 e. The van der Waals surface area contributed by atoms with Crippen molar-refractivity contribution >= 4 is 0 Å². The molecule has 0 radical (unpaired) electrons.